The first kappa shape index (κ1) is 13.3. The standard InChI is InChI=1S/C6H6O2.2C3H4N2/c7-5-1-2-6(8)4-3-5;2*1-2-5-3-4-1/h1-4,7-8H;2*1-3H,(H,4,5). The number of aromatic amines is 2. The zero-order valence-electron chi connectivity index (χ0n) is 9.56. The highest BCUT2D eigenvalue weighted by Crippen LogP contribution is 2.13. The molecule has 3 aromatic rings. The molecule has 6 heteroatoms. The number of rotatable bonds is 0. The van der Waals surface area contributed by atoms with Crippen molar-refractivity contribution in [1.82, 2.24) is 19.9 Å². The van der Waals surface area contributed by atoms with E-state index >= 15 is 0 Å². The van der Waals surface area contributed by atoms with E-state index in [-0.39, 0.29) is 11.5 Å². The van der Waals surface area contributed by atoms with Crippen molar-refractivity contribution in [2.45, 2.75) is 0 Å². The summed E-state index contributed by atoms with van der Waals surface area (Å²) in [5, 5.41) is 17.3. The largest absolute Gasteiger partial charge is 0.508 e. The SMILES string of the molecule is Oc1ccc(O)cc1.c1c[nH]cn1.c1c[nH]cn1. The zero-order chi connectivity index (χ0) is 13.1. The molecule has 18 heavy (non-hydrogen) atoms. The zero-order valence-corrected chi connectivity index (χ0v) is 9.56. The van der Waals surface area contributed by atoms with Gasteiger partial charge in [-0.25, -0.2) is 9.97 Å². The maximum atomic E-state index is 8.65. The Labute approximate surface area is 104 Å². The number of phenols is 2. The molecule has 1 aromatic carbocycles. The Bertz CT molecular complexity index is 396. The predicted octanol–water partition coefficient (Wildman–Crippen LogP) is 1.92. The molecular formula is C12H14N4O2. The van der Waals surface area contributed by atoms with Crippen LogP contribution in [-0.2, 0) is 0 Å². The van der Waals surface area contributed by atoms with E-state index in [2.05, 4.69) is 19.9 Å². The van der Waals surface area contributed by atoms with Gasteiger partial charge in [-0.2, -0.15) is 0 Å². The van der Waals surface area contributed by atoms with Gasteiger partial charge in [-0.3, -0.25) is 0 Å². The molecule has 0 amide bonds. The number of H-pyrrole nitrogens is 2. The number of nitrogens with one attached hydrogen (secondary N) is 2. The Kier molecular flexibility index (Phi) is 6.21. The van der Waals surface area contributed by atoms with Crippen molar-refractivity contribution in [1.29, 1.82) is 0 Å². The monoisotopic (exact) mass is 246 g/mol. The number of hydrogen-bond acceptors (Lipinski definition) is 4. The number of phenolic OH excluding ortho intramolecular Hbond substituents is 2. The Balaban J connectivity index is 0.000000141. The molecule has 0 spiro atoms. The van der Waals surface area contributed by atoms with Crippen molar-refractivity contribution in [2.75, 3.05) is 0 Å². The lowest BCUT2D eigenvalue weighted by Gasteiger charge is -1.88. The molecule has 0 bridgehead atoms. The number of benzene rings is 1. The quantitative estimate of drug-likeness (QED) is 0.455. The van der Waals surface area contributed by atoms with Crippen LogP contribution >= 0.6 is 0 Å². The minimum absolute atomic E-state index is 0.169. The molecule has 0 aliphatic carbocycles. The van der Waals surface area contributed by atoms with Crippen LogP contribution in [0.5, 0.6) is 11.5 Å². The van der Waals surface area contributed by atoms with Crippen molar-refractivity contribution < 1.29 is 10.2 Å². The van der Waals surface area contributed by atoms with Crippen molar-refractivity contribution in [3.8, 4) is 11.5 Å². The summed E-state index contributed by atoms with van der Waals surface area (Å²) in [7, 11) is 0. The van der Waals surface area contributed by atoms with Crippen LogP contribution in [0.25, 0.3) is 0 Å². The normalized spacial score (nSPS) is 8.44. The summed E-state index contributed by atoms with van der Waals surface area (Å²) in [6, 6.07) is 5.70. The molecule has 6 nitrogen and oxygen atoms in total. The Hall–Kier alpha value is -2.76. The molecule has 0 radical (unpaired) electrons. The summed E-state index contributed by atoms with van der Waals surface area (Å²) < 4.78 is 0. The van der Waals surface area contributed by atoms with Crippen LogP contribution in [0.4, 0.5) is 0 Å². The maximum absolute atomic E-state index is 8.65. The molecule has 0 fully saturated rings. The van der Waals surface area contributed by atoms with Gasteiger partial charge in [-0.1, -0.05) is 0 Å². The van der Waals surface area contributed by atoms with Crippen molar-refractivity contribution in [3.63, 3.8) is 0 Å². The van der Waals surface area contributed by atoms with Crippen LogP contribution in [0.3, 0.4) is 0 Å². The number of imidazole rings is 2. The molecule has 2 aromatic heterocycles. The lowest BCUT2D eigenvalue weighted by atomic mass is 10.3. The van der Waals surface area contributed by atoms with E-state index in [1.165, 1.54) is 24.3 Å². The summed E-state index contributed by atoms with van der Waals surface area (Å²) in [6.45, 7) is 0. The van der Waals surface area contributed by atoms with Crippen LogP contribution in [0, 0.1) is 0 Å². The van der Waals surface area contributed by atoms with Gasteiger partial charge in [0.15, 0.2) is 0 Å². The third kappa shape index (κ3) is 6.67. The third-order valence-corrected chi connectivity index (χ3v) is 1.66. The first-order valence-electron chi connectivity index (χ1n) is 5.12. The number of nitrogens with zero attached hydrogens (tertiary/aromatic N) is 2. The van der Waals surface area contributed by atoms with Gasteiger partial charge in [0, 0.05) is 24.8 Å². The highest BCUT2D eigenvalue weighted by Gasteiger charge is 1.84. The number of aromatic nitrogens is 4. The maximum Gasteiger partial charge on any atom is 0.115 e. The molecule has 3 rings (SSSR count). The molecule has 4 N–H and O–H groups in total. The van der Waals surface area contributed by atoms with Crippen LogP contribution in [0.2, 0.25) is 0 Å². The van der Waals surface area contributed by atoms with E-state index in [4.69, 9.17) is 10.2 Å². The highest BCUT2D eigenvalue weighted by molar-refractivity contribution is 5.28. The minimum atomic E-state index is 0.169. The Morgan fingerprint density at radius 2 is 1.11 bits per heavy atom. The number of hydrogen-bond donors (Lipinski definition) is 4. The molecule has 0 aliphatic heterocycles. The van der Waals surface area contributed by atoms with Crippen LogP contribution in [0.15, 0.2) is 61.7 Å². The average Bonchev–Trinajstić information content (AvgIpc) is 3.11. The summed E-state index contributed by atoms with van der Waals surface area (Å²) >= 11 is 0. The van der Waals surface area contributed by atoms with Crippen molar-refractivity contribution >= 4 is 0 Å². The summed E-state index contributed by atoms with van der Waals surface area (Å²) in [4.78, 5) is 12.8. The molecule has 0 saturated heterocycles. The first-order chi connectivity index (χ1) is 8.79. The lowest BCUT2D eigenvalue weighted by Crippen LogP contribution is -1.61. The summed E-state index contributed by atoms with van der Waals surface area (Å²) in [6.07, 6.45) is 10.2. The van der Waals surface area contributed by atoms with E-state index in [9.17, 15) is 0 Å². The van der Waals surface area contributed by atoms with E-state index < -0.39 is 0 Å². The van der Waals surface area contributed by atoms with Gasteiger partial charge in [-0.15, -0.1) is 0 Å². The molecule has 0 atom stereocenters. The lowest BCUT2D eigenvalue weighted by molar-refractivity contribution is 0.460. The molecule has 0 unspecified atom stereocenters. The topological polar surface area (TPSA) is 97.8 Å². The fraction of sp³-hybridized carbons (Fsp3) is 0. The van der Waals surface area contributed by atoms with Gasteiger partial charge < -0.3 is 20.2 Å². The molecule has 0 saturated carbocycles. The fourth-order valence-corrected chi connectivity index (χ4v) is 0.883. The van der Waals surface area contributed by atoms with Gasteiger partial charge in [0.25, 0.3) is 0 Å². The van der Waals surface area contributed by atoms with E-state index in [0.717, 1.165) is 0 Å². The second kappa shape index (κ2) is 8.40. The molecular weight excluding hydrogens is 232 g/mol. The molecule has 0 aliphatic rings. The Morgan fingerprint density at radius 1 is 0.722 bits per heavy atom. The minimum Gasteiger partial charge on any atom is -0.508 e. The third-order valence-electron chi connectivity index (χ3n) is 1.66. The van der Waals surface area contributed by atoms with Gasteiger partial charge in [0.2, 0.25) is 0 Å². The second-order valence-corrected chi connectivity index (χ2v) is 3.04. The first-order valence-corrected chi connectivity index (χ1v) is 5.12. The van der Waals surface area contributed by atoms with Gasteiger partial charge in [0.05, 0.1) is 12.7 Å². The van der Waals surface area contributed by atoms with Crippen LogP contribution < -0.4 is 0 Å². The van der Waals surface area contributed by atoms with Crippen molar-refractivity contribution in [2.24, 2.45) is 0 Å². The average molecular weight is 246 g/mol. The highest BCUT2D eigenvalue weighted by atomic mass is 16.3. The Morgan fingerprint density at radius 3 is 1.28 bits per heavy atom. The summed E-state index contributed by atoms with van der Waals surface area (Å²) in [5.41, 5.74) is 0. The van der Waals surface area contributed by atoms with Crippen LogP contribution in [-0.4, -0.2) is 30.1 Å². The van der Waals surface area contributed by atoms with Gasteiger partial charge >= 0.3 is 0 Å². The predicted molar refractivity (Wildman–Crippen MR) is 66.9 cm³/mol. The van der Waals surface area contributed by atoms with Crippen LogP contribution in [0.1, 0.15) is 0 Å². The fourth-order valence-electron chi connectivity index (χ4n) is 0.883. The van der Waals surface area contributed by atoms with E-state index in [0.29, 0.717) is 0 Å². The van der Waals surface area contributed by atoms with E-state index in [1.54, 1.807) is 37.4 Å². The molecule has 2 heterocycles. The second-order valence-electron chi connectivity index (χ2n) is 3.04. The van der Waals surface area contributed by atoms with Gasteiger partial charge in [0.1, 0.15) is 11.5 Å². The number of aromatic hydroxyl groups is 2. The van der Waals surface area contributed by atoms with Crippen molar-refractivity contribution in [3.05, 3.63) is 61.7 Å². The molecule has 94 valence electrons. The smallest absolute Gasteiger partial charge is 0.115 e. The summed E-state index contributed by atoms with van der Waals surface area (Å²) in [5.74, 6) is 0.339. The van der Waals surface area contributed by atoms with Gasteiger partial charge in [-0.05, 0) is 24.3 Å². The van der Waals surface area contributed by atoms with E-state index in [1.807, 2.05) is 0 Å².